The number of nitrogens with one attached hydrogen (secondary N) is 1. The molecule has 1 N–H and O–H groups in total. The van der Waals surface area contributed by atoms with Crippen LogP contribution in [0.2, 0.25) is 0 Å². The van der Waals surface area contributed by atoms with E-state index in [2.05, 4.69) is 10.1 Å². The van der Waals surface area contributed by atoms with Crippen LogP contribution in [0.5, 0.6) is 0 Å². The number of sulfonamides is 1. The molecule has 1 unspecified atom stereocenters. The molecule has 1 aliphatic rings. The summed E-state index contributed by atoms with van der Waals surface area (Å²) in [7, 11) is -1.89. The van der Waals surface area contributed by atoms with E-state index in [4.69, 9.17) is 0 Å². The van der Waals surface area contributed by atoms with E-state index >= 15 is 0 Å². The van der Waals surface area contributed by atoms with Crippen LogP contribution in [-0.2, 0) is 14.8 Å². The van der Waals surface area contributed by atoms with Crippen LogP contribution in [0.15, 0.2) is 0 Å². The molecule has 0 saturated carbocycles. The molecule has 1 rings (SSSR count). The molecule has 0 aromatic heterocycles. The number of hydrogen-bond donors (Lipinski definition) is 1. The van der Waals surface area contributed by atoms with Gasteiger partial charge in [0.15, 0.2) is 0 Å². The van der Waals surface area contributed by atoms with E-state index in [1.165, 1.54) is 17.7 Å². The van der Waals surface area contributed by atoms with Crippen molar-refractivity contribution in [2.24, 2.45) is 0 Å². The van der Waals surface area contributed by atoms with E-state index in [1.54, 1.807) is 0 Å². The summed E-state index contributed by atoms with van der Waals surface area (Å²) in [6.07, 6.45) is 2.26. The van der Waals surface area contributed by atoms with Crippen LogP contribution >= 0.6 is 0 Å². The topological polar surface area (TPSA) is 75.7 Å². The van der Waals surface area contributed by atoms with Gasteiger partial charge in [-0.1, -0.05) is 0 Å². The largest absolute Gasteiger partial charge is 0.453 e. The van der Waals surface area contributed by atoms with Gasteiger partial charge in [-0.2, -0.15) is 4.31 Å². The third-order valence-electron chi connectivity index (χ3n) is 2.42. The number of carbonyl (C=O) groups excluding carboxylic acids is 1. The fraction of sp³-hybridized carbons (Fsp3) is 0.875. The maximum Gasteiger partial charge on any atom is 0.406 e. The highest BCUT2D eigenvalue weighted by Crippen LogP contribution is 2.19. The van der Waals surface area contributed by atoms with Gasteiger partial charge in [0.25, 0.3) is 0 Å². The average molecular weight is 236 g/mol. The first kappa shape index (κ1) is 12.3. The van der Waals surface area contributed by atoms with Crippen LogP contribution in [0.3, 0.4) is 0 Å². The minimum Gasteiger partial charge on any atom is -0.453 e. The van der Waals surface area contributed by atoms with Gasteiger partial charge in [-0.05, 0) is 12.8 Å². The molecule has 1 heterocycles. The Hall–Kier alpha value is -0.820. The highest BCUT2D eigenvalue weighted by atomic mass is 32.2. The van der Waals surface area contributed by atoms with Crippen molar-refractivity contribution < 1.29 is 17.9 Å². The molecule has 0 radical (unpaired) electrons. The molecule has 1 atom stereocenters. The minimum atomic E-state index is -3.17. The summed E-state index contributed by atoms with van der Waals surface area (Å²) in [4.78, 5) is 10.8. The van der Waals surface area contributed by atoms with Gasteiger partial charge >= 0.3 is 6.09 Å². The quantitative estimate of drug-likeness (QED) is 0.734. The summed E-state index contributed by atoms with van der Waals surface area (Å²) in [5, 5.41) is 2.51. The lowest BCUT2D eigenvalue weighted by Crippen LogP contribution is -2.42. The van der Waals surface area contributed by atoms with Gasteiger partial charge in [0.05, 0.1) is 13.4 Å². The molecule has 7 heteroatoms. The molecule has 1 saturated heterocycles. The standard InChI is InChI=1S/C8H16N2O4S/c1-14-8(11)9-6-7-4-3-5-10(7)15(2,12)13/h7H,3-6H2,1-2H3,(H,9,11). The number of amides is 1. The van der Waals surface area contributed by atoms with Crippen molar-refractivity contribution in [3.05, 3.63) is 0 Å². The van der Waals surface area contributed by atoms with Gasteiger partial charge in [-0.15, -0.1) is 0 Å². The first-order chi connectivity index (χ1) is 6.95. The molecule has 1 amide bonds. The zero-order valence-electron chi connectivity index (χ0n) is 8.89. The maximum atomic E-state index is 11.3. The van der Waals surface area contributed by atoms with Gasteiger partial charge in [0.1, 0.15) is 0 Å². The Labute approximate surface area is 89.6 Å². The third-order valence-corrected chi connectivity index (χ3v) is 3.75. The lowest BCUT2D eigenvalue weighted by atomic mass is 10.2. The zero-order valence-corrected chi connectivity index (χ0v) is 9.71. The molecule has 0 spiro atoms. The lowest BCUT2D eigenvalue weighted by molar-refractivity contribution is 0.168. The summed E-state index contributed by atoms with van der Waals surface area (Å²) in [5.41, 5.74) is 0. The van der Waals surface area contributed by atoms with Gasteiger partial charge in [0, 0.05) is 19.1 Å². The Morgan fingerprint density at radius 3 is 2.80 bits per heavy atom. The Kier molecular flexibility index (Phi) is 3.92. The van der Waals surface area contributed by atoms with Gasteiger partial charge in [-0.25, -0.2) is 13.2 Å². The molecule has 88 valence electrons. The molecule has 1 fully saturated rings. The maximum absolute atomic E-state index is 11.3. The Morgan fingerprint density at radius 2 is 2.27 bits per heavy atom. The van der Waals surface area contributed by atoms with Crippen LogP contribution in [0, 0.1) is 0 Å². The summed E-state index contributed by atoms with van der Waals surface area (Å²) < 4.78 is 28.5. The van der Waals surface area contributed by atoms with Crippen molar-refractivity contribution in [1.82, 2.24) is 9.62 Å². The highest BCUT2D eigenvalue weighted by molar-refractivity contribution is 7.88. The molecular formula is C8H16N2O4S. The van der Waals surface area contributed by atoms with Crippen molar-refractivity contribution in [3.63, 3.8) is 0 Å². The van der Waals surface area contributed by atoms with Gasteiger partial charge < -0.3 is 10.1 Å². The van der Waals surface area contributed by atoms with Crippen LogP contribution in [0.1, 0.15) is 12.8 Å². The molecule has 0 bridgehead atoms. The number of ether oxygens (including phenoxy) is 1. The Balaban J connectivity index is 2.51. The Bertz CT molecular complexity index is 328. The molecule has 1 aliphatic heterocycles. The Morgan fingerprint density at radius 1 is 1.60 bits per heavy atom. The van der Waals surface area contributed by atoms with Crippen molar-refractivity contribution in [2.45, 2.75) is 18.9 Å². The minimum absolute atomic E-state index is 0.140. The van der Waals surface area contributed by atoms with Crippen molar-refractivity contribution >= 4 is 16.1 Å². The predicted octanol–water partition coefficient (Wildman–Crippen LogP) is -0.234. The summed E-state index contributed by atoms with van der Waals surface area (Å²) in [6.45, 7) is 0.839. The summed E-state index contributed by atoms with van der Waals surface area (Å²) >= 11 is 0. The van der Waals surface area contributed by atoms with E-state index in [-0.39, 0.29) is 6.04 Å². The number of methoxy groups -OCH3 is 1. The van der Waals surface area contributed by atoms with E-state index in [0.29, 0.717) is 13.1 Å². The van der Waals surface area contributed by atoms with Gasteiger partial charge in [0.2, 0.25) is 10.0 Å². The number of rotatable bonds is 3. The van der Waals surface area contributed by atoms with Crippen LogP contribution < -0.4 is 5.32 Å². The molecule has 15 heavy (non-hydrogen) atoms. The van der Waals surface area contributed by atoms with E-state index in [1.807, 2.05) is 0 Å². The highest BCUT2D eigenvalue weighted by Gasteiger charge is 2.31. The lowest BCUT2D eigenvalue weighted by Gasteiger charge is -2.21. The molecular weight excluding hydrogens is 220 g/mol. The number of hydrogen-bond acceptors (Lipinski definition) is 4. The fourth-order valence-electron chi connectivity index (χ4n) is 1.72. The second-order valence-corrected chi connectivity index (χ2v) is 5.48. The van der Waals surface area contributed by atoms with Gasteiger partial charge in [-0.3, -0.25) is 0 Å². The van der Waals surface area contributed by atoms with Crippen LogP contribution in [-0.4, -0.2) is 51.3 Å². The molecule has 6 nitrogen and oxygen atoms in total. The smallest absolute Gasteiger partial charge is 0.406 e. The summed E-state index contributed by atoms with van der Waals surface area (Å²) in [6, 6.07) is -0.140. The third kappa shape index (κ3) is 3.35. The van der Waals surface area contributed by atoms with Crippen LogP contribution in [0.25, 0.3) is 0 Å². The van der Waals surface area contributed by atoms with Crippen molar-refractivity contribution in [2.75, 3.05) is 26.5 Å². The zero-order chi connectivity index (χ0) is 11.5. The predicted molar refractivity (Wildman–Crippen MR) is 55.0 cm³/mol. The van der Waals surface area contributed by atoms with Crippen molar-refractivity contribution in [3.8, 4) is 0 Å². The molecule has 0 aromatic carbocycles. The summed E-state index contributed by atoms with van der Waals surface area (Å²) in [5.74, 6) is 0. The number of carbonyl (C=O) groups is 1. The SMILES string of the molecule is COC(=O)NCC1CCCN1S(C)(=O)=O. The normalized spacial score (nSPS) is 22.7. The van der Waals surface area contributed by atoms with Crippen LogP contribution in [0.4, 0.5) is 4.79 Å². The second-order valence-electron chi connectivity index (χ2n) is 3.54. The second kappa shape index (κ2) is 4.80. The number of alkyl carbamates (subject to hydrolysis) is 1. The average Bonchev–Trinajstić information content (AvgIpc) is 2.61. The van der Waals surface area contributed by atoms with E-state index < -0.39 is 16.1 Å². The van der Waals surface area contributed by atoms with E-state index in [9.17, 15) is 13.2 Å². The number of nitrogens with zero attached hydrogens (tertiary/aromatic N) is 1. The molecule has 0 aliphatic carbocycles. The first-order valence-electron chi connectivity index (χ1n) is 4.74. The van der Waals surface area contributed by atoms with Crippen molar-refractivity contribution in [1.29, 1.82) is 0 Å². The first-order valence-corrected chi connectivity index (χ1v) is 6.58. The monoisotopic (exact) mass is 236 g/mol. The van der Waals surface area contributed by atoms with E-state index in [0.717, 1.165) is 12.8 Å². The fourth-order valence-corrected chi connectivity index (χ4v) is 2.91. The molecule has 0 aromatic rings.